The highest BCUT2D eigenvalue weighted by Gasteiger charge is 2.42. The highest BCUT2D eigenvalue weighted by atomic mass is 35.5. The Labute approximate surface area is 214 Å². The summed E-state index contributed by atoms with van der Waals surface area (Å²) in [5.41, 5.74) is 4.52. The van der Waals surface area contributed by atoms with E-state index in [2.05, 4.69) is 5.32 Å². The molecule has 1 saturated heterocycles. The minimum Gasteiger partial charge on any atom is -0.507 e. The fraction of sp³-hybridized carbons (Fsp3) is 0.167. The Morgan fingerprint density at radius 1 is 0.833 bits per heavy atom. The molecular weight excluding hydrogens is 474 g/mol. The summed E-state index contributed by atoms with van der Waals surface area (Å²) in [6.07, 6.45) is 0.422. The molecule has 0 aromatic heterocycles. The minimum atomic E-state index is -0.665. The summed E-state index contributed by atoms with van der Waals surface area (Å²) in [6, 6.07) is 26.8. The first-order valence-corrected chi connectivity index (χ1v) is 12.2. The van der Waals surface area contributed by atoms with Crippen LogP contribution in [0.1, 0.15) is 46.7 Å². The number of aromatic hydroxyl groups is 2. The number of phenolic OH excluding ortho intramolecular Hbond substituents is 2. The van der Waals surface area contributed by atoms with Gasteiger partial charge < -0.3 is 20.6 Å². The van der Waals surface area contributed by atoms with Crippen LogP contribution in [0.25, 0.3) is 11.1 Å². The van der Waals surface area contributed by atoms with Gasteiger partial charge in [-0.3, -0.25) is 4.79 Å². The third kappa shape index (κ3) is 4.68. The molecule has 182 valence electrons. The van der Waals surface area contributed by atoms with E-state index >= 15 is 0 Å². The second-order valence-corrected chi connectivity index (χ2v) is 9.50. The first-order chi connectivity index (χ1) is 17.4. The molecule has 0 aliphatic carbocycles. The number of hydrogen-bond donors (Lipinski definition) is 4. The molecule has 4 aromatic carbocycles. The number of para-hydroxylation sites is 1. The number of amides is 1. The number of aliphatic hydroxyl groups is 1. The summed E-state index contributed by atoms with van der Waals surface area (Å²) in [7, 11) is 0. The van der Waals surface area contributed by atoms with Crippen LogP contribution in [-0.2, 0) is 11.2 Å². The Bertz CT molecular complexity index is 1420. The van der Waals surface area contributed by atoms with Crippen molar-refractivity contribution in [3.05, 3.63) is 118 Å². The molecule has 4 aromatic rings. The monoisotopic (exact) mass is 499 g/mol. The molecule has 36 heavy (non-hydrogen) atoms. The van der Waals surface area contributed by atoms with E-state index in [0.717, 1.165) is 22.3 Å². The highest BCUT2D eigenvalue weighted by molar-refractivity contribution is 6.30. The van der Waals surface area contributed by atoms with Gasteiger partial charge in [-0.15, -0.1) is 0 Å². The molecule has 1 aliphatic heterocycles. The molecule has 4 N–H and O–H groups in total. The number of carbonyl (C=O) groups excluding carboxylic acids is 1. The first kappa shape index (κ1) is 23.9. The maximum atomic E-state index is 12.7. The van der Waals surface area contributed by atoms with E-state index in [1.165, 1.54) is 0 Å². The number of hydrogen-bond acceptors (Lipinski definition) is 4. The lowest BCUT2D eigenvalue weighted by atomic mass is 9.77. The van der Waals surface area contributed by atoms with Crippen molar-refractivity contribution in [1.82, 2.24) is 5.32 Å². The van der Waals surface area contributed by atoms with Gasteiger partial charge in [0.2, 0.25) is 5.91 Å². The van der Waals surface area contributed by atoms with E-state index in [4.69, 9.17) is 11.6 Å². The van der Waals surface area contributed by atoms with Crippen LogP contribution in [-0.4, -0.2) is 21.2 Å². The summed E-state index contributed by atoms with van der Waals surface area (Å²) >= 11 is 6.07. The van der Waals surface area contributed by atoms with Crippen LogP contribution < -0.4 is 5.32 Å². The van der Waals surface area contributed by atoms with Crippen molar-refractivity contribution in [3.8, 4) is 22.6 Å². The van der Waals surface area contributed by atoms with Crippen molar-refractivity contribution in [1.29, 1.82) is 0 Å². The maximum absolute atomic E-state index is 12.7. The quantitative estimate of drug-likeness (QED) is 0.233. The average molecular weight is 500 g/mol. The number of rotatable bonds is 7. The lowest BCUT2D eigenvalue weighted by Gasteiger charge is -2.38. The number of aryl methyl sites for hydroxylation is 1. The molecule has 0 bridgehead atoms. The van der Waals surface area contributed by atoms with Crippen molar-refractivity contribution in [3.63, 3.8) is 0 Å². The minimum absolute atomic E-state index is 0.0341. The van der Waals surface area contributed by atoms with Gasteiger partial charge in [0.05, 0.1) is 18.1 Å². The molecule has 1 fully saturated rings. The molecule has 1 heterocycles. The second-order valence-electron chi connectivity index (χ2n) is 9.07. The van der Waals surface area contributed by atoms with Gasteiger partial charge in [-0.05, 0) is 59.4 Å². The summed E-state index contributed by atoms with van der Waals surface area (Å²) in [6.45, 7) is 0. The zero-order valence-corrected chi connectivity index (χ0v) is 20.2. The molecule has 1 aliphatic rings. The van der Waals surface area contributed by atoms with Crippen molar-refractivity contribution in [2.24, 2.45) is 0 Å². The summed E-state index contributed by atoms with van der Waals surface area (Å²) in [5.74, 6) is -0.358. The van der Waals surface area contributed by atoms with Gasteiger partial charge in [-0.1, -0.05) is 78.3 Å². The Morgan fingerprint density at radius 2 is 1.58 bits per heavy atom. The third-order valence-corrected chi connectivity index (χ3v) is 7.03. The van der Waals surface area contributed by atoms with Crippen LogP contribution in [0.4, 0.5) is 0 Å². The maximum Gasteiger partial charge on any atom is 0.230 e. The summed E-state index contributed by atoms with van der Waals surface area (Å²) in [5, 5.41) is 35.1. The molecule has 5 rings (SSSR count). The lowest BCUT2D eigenvalue weighted by molar-refractivity contribution is -0.131. The molecule has 0 radical (unpaired) electrons. The Kier molecular flexibility index (Phi) is 6.68. The fourth-order valence-electron chi connectivity index (χ4n) is 4.89. The lowest BCUT2D eigenvalue weighted by Crippen LogP contribution is -2.50. The smallest absolute Gasteiger partial charge is 0.230 e. The SMILES string of the molecule is O=C1N[C@H](c2ccc(-c3ccccc3O)c(O)c2)[C@H]1c1ccccc1CC[C@H](O)c1cccc(Cl)c1. The van der Waals surface area contributed by atoms with Crippen molar-refractivity contribution < 1.29 is 20.1 Å². The Balaban J connectivity index is 1.37. The van der Waals surface area contributed by atoms with Gasteiger partial charge >= 0.3 is 0 Å². The van der Waals surface area contributed by atoms with E-state index in [1.807, 2.05) is 42.5 Å². The highest BCUT2D eigenvalue weighted by Crippen LogP contribution is 2.43. The van der Waals surface area contributed by atoms with Crippen LogP contribution in [0.15, 0.2) is 91.0 Å². The first-order valence-electron chi connectivity index (χ1n) is 11.9. The largest absolute Gasteiger partial charge is 0.507 e. The molecule has 5 nitrogen and oxygen atoms in total. The topological polar surface area (TPSA) is 89.8 Å². The van der Waals surface area contributed by atoms with Crippen LogP contribution in [0.3, 0.4) is 0 Å². The summed E-state index contributed by atoms with van der Waals surface area (Å²) in [4.78, 5) is 12.7. The number of phenols is 2. The summed E-state index contributed by atoms with van der Waals surface area (Å²) < 4.78 is 0. The second kappa shape index (κ2) is 10.1. The fourth-order valence-corrected chi connectivity index (χ4v) is 5.09. The Hall–Kier alpha value is -3.80. The number of aliphatic hydroxyl groups excluding tert-OH is 1. The van der Waals surface area contributed by atoms with Crippen molar-refractivity contribution in [2.45, 2.75) is 30.9 Å². The van der Waals surface area contributed by atoms with Gasteiger partial charge in [0.25, 0.3) is 0 Å². The standard InChI is InChI=1S/C30H26ClNO4/c31-21-8-5-7-19(16-21)25(33)15-13-18-6-1-2-9-22(18)28-29(32-30(28)36)20-12-14-24(27(35)17-20)23-10-3-4-11-26(23)34/h1-12,14,16-17,25,28-29,33-35H,13,15H2,(H,32,36)/t25-,28+,29+/m0/s1. The van der Waals surface area contributed by atoms with E-state index in [-0.39, 0.29) is 23.4 Å². The zero-order valence-electron chi connectivity index (χ0n) is 19.4. The number of halogens is 1. The Morgan fingerprint density at radius 3 is 2.33 bits per heavy atom. The van der Waals surface area contributed by atoms with Crippen molar-refractivity contribution >= 4 is 17.5 Å². The van der Waals surface area contributed by atoms with Crippen LogP contribution >= 0.6 is 11.6 Å². The predicted molar refractivity (Wildman–Crippen MR) is 140 cm³/mol. The van der Waals surface area contributed by atoms with Gasteiger partial charge in [0, 0.05) is 16.1 Å². The van der Waals surface area contributed by atoms with Gasteiger partial charge in [-0.25, -0.2) is 0 Å². The zero-order chi connectivity index (χ0) is 25.2. The molecule has 0 unspecified atom stereocenters. The van der Waals surface area contributed by atoms with Crippen LogP contribution in [0.2, 0.25) is 5.02 Å². The van der Waals surface area contributed by atoms with Gasteiger partial charge in [-0.2, -0.15) is 0 Å². The average Bonchev–Trinajstić information content (AvgIpc) is 2.87. The molecule has 6 heteroatoms. The molecular formula is C30H26ClNO4. The van der Waals surface area contributed by atoms with E-state index in [0.29, 0.717) is 29.0 Å². The number of β-lactam (4-membered cyclic amide) rings is 1. The normalized spacial score (nSPS) is 17.8. The van der Waals surface area contributed by atoms with Gasteiger partial charge in [0.1, 0.15) is 11.5 Å². The van der Waals surface area contributed by atoms with E-state index in [1.54, 1.807) is 48.5 Å². The molecule has 3 atom stereocenters. The van der Waals surface area contributed by atoms with Crippen LogP contribution in [0.5, 0.6) is 11.5 Å². The molecule has 0 saturated carbocycles. The number of nitrogens with one attached hydrogen (secondary N) is 1. The van der Waals surface area contributed by atoms with Crippen molar-refractivity contribution in [2.75, 3.05) is 0 Å². The van der Waals surface area contributed by atoms with Gasteiger partial charge in [0.15, 0.2) is 0 Å². The molecule has 1 amide bonds. The third-order valence-electron chi connectivity index (χ3n) is 6.80. The van der Waals surface area contributed by atoms with E-state index in [9.17, 15) is 20.1 Å². The molecule has 0 spiro atoms. The number of benzene rings is 4. The number of carbonyl (C=O) groups is 1. The predicted octanol–water partition coefficient (Wildman–Crippen LogP) is 6.04. The van der Waals surface area contributed by atoms with Crippen LogP contribution in [0, 0.1) is 0 Å². The van der Waals surface area contributed by atoms with E-state index < -0.39 is 12.0 Å².